The Morgan fingerprint density at radius 1 is 0.632 bits per heavy atom. The van der Waals surface area contributed by atoms with Crippen LogP contribution >= 0.6 is 0 Å². The van der Waals surface area contributed by atoms with Gasteiger partial charge in [-0.2, -0.15) is 0 Å². The second-order valence-corrected chi connectivity index (χ2v) is 10.6. The van der Waals surface area contributed by atoms with Gasteiger partial charge in [0.15, 0.2) is 11.5 Å². The number of aromatic nitrogens is 1. The molecule has 3 aliphatic heterocycles. The van der Waals surface area contributed by atoms with Crippen molar-refractivity contribution in [2.24, 2.45) is 0 Å². The van der Waals surface area contributed by atoms with Crippen molar-refractivity contribution in [2.75, 3.05) is 4.90 Å². The minimum atomic E-state index is 0.143. The van der Waals surface area contributed by atoms with E-state index < -0.39 is 0 Å². The van der Waals surface area contributed by atoms with Gasteiger partial charge in [-0.15, -0.1) is 0 Å². The monoisotopic (exact) mass is 486 g/mol. The van der Waals surface area contributed by atoms with Gasteiger partial charge in [0.25, 0.3) is 0 Å². The van der Waals surface area contributed by atoms with Crippen molar-refractivity contribution in [3.63, 3.8) is 0 Å². The quantitative estimate of drug-likeness (QED) is 0.242. The minimum absolute atomic E-state index is 0.143. The topological polar surface area (TPSA) is 17.4 Å². The molecular weight excluding hydrogens is 463 g/mol. The average Bonchev–Trinajstić information content (AvgIpc) is 3.25. The lowest BCUT2D eigenvalue weighted by atomic mass is 9.32. The van der Waals surface area contributed by atoms with Crippen LogP contribution in [0.1, 0.15) is 11.3 Å². The molecule has 38 heavy (non-hydrogen) atoms. The van der Waals surface area contributed by atoms with Crippen LogP contribution in [0.5, 0.6) is 11.5 Å². The van der Waals surface area contributed by atoms with Gasteiger partial charge in [0.1, 0.15) is 0 Å². The smallest absolute Gasteiger partial charge is 0.248 e. The summed E-state index contributed by atoms with van der Waals surface area (Å²) in [6.07, 6.45) is 0. The molecule has 0 amide bonds. The molecule has 5 aromatic carbocycles. The molecule has 0 radical (unpaired) electrons. The van der Waals surface area contributed by atoms with Crippen molar-refractivity contribution in [2.45, 2.75) is 13.8 Å². The molecule has 0 fully saturated rings. The van der Waals surface area contributed by atoms with Crippen molar-refractivity contribution in [3.05, 3.63) is 114 Å². The number of benzene rings is 5. The van der Waals surface area contributed by atoms with E-state index in [1.54, 1.807) is 0 Å². The lowest BCUT2D eigenvalue weighted by Gasteiger charge is -2.42. The van der Waals surface area contributed by atoms with Gasteiger partial charge in [-0.3, -0.25) is 0 Å². The Morgan fingerprint density at radius 2 is 1.34 bits per heavy atom. The highest BCUT2D eigenvalue weighted by atomic mass is 16.5. The van der Waals surface area contributed by atoms with E-state index >= 15 is 0 Å². The third-order valence-electron chi connectivity index (χ3n) is 8.70. The number of para-hydroxylation sites is 4. The Bertz CT molecular complexity index is 2000. The summed E-state index contributed by atoms with van der Waals surface area (Å²) in [5.74, 6) is 1.82. The molecule has 4 heterocycles. The summed E-state index contributed by atoms with van der Waals surface area (Å²) in [6, 6.07) is 37.3. The number of hydrogen-bond donors (Lipinski definition) is 0. The number of ether oxygens (including phenoxy) is 1. The minimum Gasteiger partial charge on any atom is -0.453 e. The fraction of sp³-hybridized carbons (Fsp3) is 0.0588. The molecular formula is C34H23BN2O. The Labute approximate surface area is 221 Å². The molecule has 0 aliphatic carbocycles. The van der Waals surface area contributed by atoms with Gasteiger partial charge in [0.2, 0.25) is 6.71 Å². The Morgan fingerprint density at radius 3 is 2.24 bits per heavy atom. The predicted octanol–water partition coefficient (Wildman–Crippen LogP) is 6.63. The van der Waals surface area contributed by atoms with Crippen LogP contribution in [-0.2, 0) is 0 Å². The van der Waals surface area contributed by atoms with E-state index in [4.69, 9.17) is 4.74 Å². The molecule has 0 N–H and O–H groups in total. The summed E-state index contributed by atoms with van der Waals surface area (Å²) in [5, 5.41) is 1.37. The molecule has 0 bridgehead atoms. The fourth-order valence-electron chi connectivity index (χ4n) is 7.24. The van der Waals surface area contributed by atoms with E-state index in [-0.39, 0.29) is 6.71 Å². The first-order valence-corrected chi connectivity index (χ1v) is 13.3. The third kappa shape index (κ3) is 2.32. The molecule has 178 valence electrons. The molecule has 0 unspecified atom stereocenters. The zero-order valence-electron chi connectivity index (χ0n) is 21.2. The molecule has 0 saturated heterocycles. The lowest BCUT2D eigenvalue weighted by Crippen LogP contribution is -2.59. The highest BCUT2D eigenvalue weighted by molar-refractivity contribution is 7.01. The first-order chi connectivity index (χ1) is 18.7. The van der Waals surface area contributed by atoms with Gasteiger partial charge < -0.3 is 14.2 Å². The number of fused-ring (bicyclic) bond motifs is 6. The van der Waals surface area contributed by atoms with E-state index in [0.717, 1.165) is 22.9 Å². The molecule has 4 heteroatoms. The molecule has 1 aromatic heterocycles. The normalized spacial score (nSPS) is 13.6. The number of rotatable bonds is 1. The average molecular weight is 486 g/mol. The van der Waals surface area contributed by atoms with Crippen LogP contribution in [0.2, 0.25) is 0 Å². The van der Waals surface area contributed by atoms with Crippen molar-refractivity contribution in [3.8, 4) is 28.3 Å². The van der Waals surface area contributed by atoms with Crippen LogP contribution in [0, 0.1) is 13.8 Å². The summed E-state index contributed by atoms with van der Waals surface area (Å²) >= 11 is 0. The molecule has 0 saturated carbocycles. The molecule has 9 rings (SSSR count). The highest BCUT2D eigenvalue weighted by Crippen LogP contribution is 2.52. The third-order valence-corrected chi connectivity index (χ3v) is 8.70. The van der Waals surface area contributed by atoms with E-state index in [1.807, 2.05) is 6.07 Å². The Kier molecular flexibility index (Phi) is 3.75. The van der Waals surface area contributed by atoms with Gasteiger partial charge in [-0.1, -0.05) is 72.2 Å². The molecule has 0 atom stereocenters. The van der Waals surface area contributed by atoms with Crippen LogP contribution in [0.15, 0.2) is 103 Å². The molecule has 6 aromatic rings. The number of anilines is 3. The number of aryl methyl sites for hydroxylation is 1. The van der Waals surface area contributed by atoms with Gasteiger partial charge >= 0.3 is 0 Å². The van der Waals surface area contributed by atoms with E-state index in [9.17, 15) is 0 Å². The molecule has 0 spiro atoms. The Hall–Kier alpha value is -4.70. The summed E-state index contributed by atoms with van der Waals surface area (Å²) in [5.41, 5.74) is 15.3. The van der Waals surface area contributed by atoms with E-state index in [1.165, 1.54) is 61.1 Å². The standard InChI is InChI=1S/C34H23BN2O/c1-20-10-3-4-14-25(20)36-21(2)31-22-11-7-17-28-33(22)35(23-12-8-16-27(36)32(23)31)24-13-9-19-30-34(24)37(28)26-15-5-6-18-29(26)38-30/h3-19H,1-2H3. The second kappa shape index (κ2) is 6.99. The van der Waals surface area contributed by atoms with Gasteiger partial charge in [0, 0.05) is 28.0 Å². The van der Waals surface area contributed by atoms with Crippen LogP contribution in [0.4, 0.5) is 17.1 Å². The first-order valence-electron chi connectivity index (χ1n) is 13.3. The maximum Gasteiger partial charge on any atom is 0.248 e. The lowest BCUT2D eigenvalue weighted by molar-refractivity contribution is 0.477. The molecule has 3 nitrogen and oxygen atoms in total. The van der Waals surface area contributed by atoms with Gasteiger partial charge in [0.05, 0.1) is 16.9 Å². The van der Waals surface area contributed by atoms with Crippen molar-refractivity contribution < 1.29 is 4.74 Å². The van der Waals surface area contributed by atoms with Crippen LogP contribution in [0.3, 0.4) is 0 Å². The maximum absolute atomic E-state index is 6.47. The van der Waals surface area contributed by atoms with Gasteiger partial charge in [-0.25, -0.2) is 0 Å². The van der Waals surface area contributed by atoms with Crippen molar-refractivity contribution in [1.82, 2.24) is 4.57 Å². The van der Waals surface area contributed by atoms with Crippen LogP contribution in [-0.4, -0.2) is 11.3 Å². The summed E-state index contributed by atoms with van der Waals surface area (Å²) in [6.45, 7) is 4.63. The highest BCUT2D eigenvalue weighted by Gasteiger charge is 2.44. The van der Waals surface area contributed by atoms with Crippen LogP contribution in [0.25, 0.3) is 27.7 Å². The SMILES string of the molecule is Cc1ccccc1-n1c(C)c2c3c(cccc31)B1c3cccc4c3N(c3ccccc3O4)c3cccc-2c31. The first kappa shape index (κ1) is 20.4. The van der Waals surface area contributed by atoms with E-state index in [0.29, 0.717) is 0 Å². The van der Waals surface area contributed by atoms with Crippen molar-refractivity contribution in [1.29, 1.82) is 0 Å². The summed E-state index contributed by atoms with van der Waals surface area (Å²) in [7, 11) is 0. The largest absolute Gasteiger partial charge is 0.453 e. The van der Waals surface area contributed by atoms with Crippen LogP contribution < -0.4 is 26.0 Å². The maximum atomic E-state index is 6.47. The fourth-order valence-corrected chi connectivity index (χ4v) is 7.24. The molecule has 3 aliphatic rings. The zero-order chi connectivity index (χ0) is 25.1. The number of hydrogen-bond acceptors (Lipinski definition) is 2. The van der Waals surface area contributed by atoms with E-state index in [2.05, 4.69) is 120 Å². The number of nitrogens with zero attached hydrogens (tertiary/aromatic N) is 2. The Balaban J connectivity index is 1.45. The second-order valence-electron chi connectivity index (χ2n) is 10.6. The van der Waals surface area contributed by atoms with Crippen molar-refractivity contribution >= 4 is 51.1 Å². The zero-order valence-corrected chi connectivity index (χ0v) is 21.2. The predicted molar refractivity (Wildman–Crippen MR) is 158 cm³/mol. The van der Waals surface area contributed by atoms with Gasteiger partial charge in [-0.05, 0) is 72.3 Å². The summed E-state index contributed by atoms with van der Waals surface area (Å²) < 4.78 is 8.94. The summed E-state index contributed by atoms with van der Waals surface area (Å²) in [4.78, 5) is 2.43.